The van der Waals surface area contributed by atoms with E-state index in [1.54, 1.807) is 11.3 Å². The summed E-state index contributed by atoms with van der Waals surface area (Å²) in [6, 6.07) is 6.65. The van der Waals surface area contributed by atoms with Gasteiger partial charge in [-0.15, -0.1) is 11.3 Å². The van der Waals surface area contributed by atoms with E-state index in [1.165, 1.54) is 5.69 Å². The van der Waals surface area contributed by atoms with Crippen LogP contribution in [0.25, 0.3) is 10.7 Å². The molecule has 1 unspecified atom stereocenters. The van der Waals surface area contributed by atoms with Crippen LogP contribution in [0.1, 0.15) is 24.6 Å². The molecule has 4 heterocycles. The number of fused-ring (bicyclic) bond motifs is 1. The molecular formula is C15H15BrN4OS. The maximum absolute atomic E-state index is 5.43. The molecule has 0 fully saturated rings. The molecule has 0 N–H and O–H groups in total. The van der Waals surface area contributed by atoms with E-state index in [0.29, 0.717) is 24.3 Å². The Labute approximate surface area is 140 Å². The third kappa shape index (κ3) is 2.53. The Hall–Kier alpha value is -1.44. The zero-order chi connectivity index (χ0) is 15.1. The molecule has 1 aliphatic heterocycles. The Morgan fingerprint density at radius 3 is 3.18 bits per heavy atom. The first-order valence-electron chi connectivity index (χ1n) is 7.17. The fourth-order valence-electron chi connectivity index (χ4n) is 2.87. The smallest absolute Gasteiger partial charge is 0.241 e. The van der Waals surface area contributed by atoms with Gasteiger partial charge in [-0.2, -0.15) is 4.98 Å². The summed E-state index contributed by atoms with van der Waals surface area (Å²) >= 11 is 5.05. The fraction of sp³-hybridized carbons (Fsp3) is 0.333. The minimum atomic E-state index is 0.356. The van der Waals surface area contributed by atoms with Gasteiger partial charge in [-0.3, -0.25) is 4.90 Å². The normalized spacial score (nSPS) is 18.5. The second kappa shape index (κ2) is 5.64. The highest BCUT2D eigenvalue weighted by molar-refractivity contribution is 9.10. The second-order valence-electron chi connectivity index (χ2n) is 5.41. The van der Waals surface area contributed by atoms with Crippen LogP contribution in [0.2, 0.25) is 0 Å². The number of thiophene rings is 1. The highest BCUT2D eigenvalue weighted by Crippen LogP contribution is 2.29. The molecule has 0 radical (unpaired) electrons. The number of aromatic nitrogens is 3. The lowest BCUT2D eigenvalue weighted by Gasteiger charge is -2.33. The lowest BCUT2D eigenvalue weighted by atomic mass is 10.1. The second-order valence-corrected chi connectivity index (χ2v) is 7.24. The van der Waals surface area contributed by atoms with Gasteiger partial charge in [0.15, 0.2) is 0 Å². The standard InChI is InChI=1S/C15H15BrN4OS/c1-10-12-3-2-4-19(12)5-6-20(10)8-14-17-15(18-21-14)13-7-11(16)9-22-13/h2-4,7,9-10H,5-6,8H2,1H3. The Morgan fingerprint density at radius 2 is 2.36 bits per heavy atom. The lowest BCUT2D eigenvalue weighted by Crippen LogP contribution is -2.35. The molecule has 1 atom stereocenters. The molecule has 0 aliphatic carbocycles. The molecule has 0 spiro atoms. The molecule has 7 heteroatoms. The van der Waals surface area contributed by atoms with Gasteiger partial charge < -0.3 is 9.09 Å². The van der Waals surface area contributed by atoms with Crippen molar-refractivity contribution in [2.24, 2.45) is 0 Å². The maximum Gasteiger partial charge on any atom is 0.241 e. The zero-order valence-corrected chi connectivity index (χ0v) is 14.5. The summed E-state index contributed by atoms with van der Waals surface area (Å²) in [7, 11) is 0. The first-order valence-corrected chi connectivity index (χ1v) is 8.84. The van der Waals surface area contributed by atoms with E-state index in [9.17, 15) is 0 Å². The first-order chi connectivity index (χ1) is 10.7. The highest BCUT2D eigenvalue weighted by Gasteiger charge is 2.25. The van der Waals surface area contributed by atoms with Crippen LogP contribution in [0, 0.1) is 0 Å². The molecule has 0 bridgehead atoms. The van der Waals surface area contributed by atoms with Crippen LogP contribution in [-0.4, -0.2) is 26.2 Å². The molecule has 5 nitrogen and oxygen atoms in total. The van der Waals surface area contributed by atoms with E-state index in [-0.39, 0.29) is 0 Å². The maximum atomic E-state index is 5.43. The molecule has 22 heavy (non-hydrogen) atoms. The molecule has 0 saturated carbocycles. The monoisotopic (exact) mass is 378 g/mol. The average Bonchev–Trinajstić information content (AvgIpc) is 3.22. The summed E-state index contributed by atoms with van der Waals surface area (Å²) in [6.45, 7) is 4.90. The van der Waals surface area contributed by atoms with Gasteiger partial charge in [-0.05, 0) is 41.1 Å². The van der Waals surface area contributed by atoms with Crippen LogP contribution in [0.5, 0.6) is 0 Å². The van der Waals surface area contributed by atoms with Crippen LogP contribution >= 0.6 is 27.3 Å². The summed E-state index contributed by atoms with van der Waals surface area (Å²) in [5.41, 5.74) is 1.34. The predicted octanol–water partition coefficient (Wildman–Crippen LogP) is 3.94. The van der Waals surface area contributed by atoms with Crippen molar-refractivity contribution in [1.82, 2.24) is 19.6 Å². The average molecular weight is 379 g/mol. The molecule has 0 aromatic carbocycles. The van der Waals surface area contributed by atoms with Gasteiger partial charge in [0, 0.05) is 40.9 Å². The van der Waals surface area contributed by atoms with Gasteiger partial charge in [0.1, 0.15) is 0 Å². The van der Waals surface area contributed by atoms with Gasteiger partial charge in [-0.1, -0.05) is 5.16 Å². The van der Waals surface area contributed by atoms with Gasteiger partial charge in [0.2, 0.25) is 11.7 Å². The van der Waals surface area contributed by atoms with Crippen molar-refractivity contribution in [1.29, 1.82) is 0 Å². The van der Waals surface area contributed by atoms with Gasteiger partial charge >= 0.3 is 0 Å². The summed E-state index contributed by atoms with van der Waals surface area (Å²) in [6.07, 6.45) is 2.14. The van der Waals surface area contributed by atoms with Crippen molar-refractivity contribution in [2.45, 2.75) is 26.1 Å². The largest absolute Gasteiger partial charge is 0.349 e. The molecule has 114 valence electrons. The predicted molar refractivity (Wildman–Crippen MR) is 88.6 cm³/mol. The van der Waals surface area contributed by atoms with Crippen molar-refractivity contribution < 1.29 is 4.52 Å². The molecule has 0 saturated heterocycles. The number of hydrogen-bond acceptors (Lipinski definition) is 5. The minimum absolute atomic E-state index is 0.356. The number of nitrogens with zero attached hydrogens (tertiary/aromatic N) is 4. The molecule has 1 aliphatic rings. The Kier molecular flexibility index (Phi) is 3.63. The molecule has 4 rings (SSSR count). The molecular weight excluding hydrogens is 364 g/mol. The van der Waals surface area contributed by atoms with E-state index < -0.39 is 0 Å². The topological polar surface area (TPSA) is 47.1 Å². The highest BCUT2D eigenvalue weighted by atomic mass is 79.9. The molecule has 3 aromatic rings. The van der Waals surface area contributed by atoms with Crippen molar-refractivity contribution in [3.8, 4) is 10.7 Å². The van der Waals surface area contributed by atoms with Gasteiger partial charge in [-0.25, -0.2) is 0 Å². The Balaban J connectivity index is 1.51. The summed E-state index contributed by atoms with van der Waals surface area (Å²) in [5, 5.41) is 6.12. The van der Waals surface area contributed by atoms with Crippen LogP contribution in [0.3, 0.4) is 0 Å². The lowest BCUT2D eigenvalue weighted by molar-refractivity contribution is 0.141. The summed E-state index contributed by atoms with van der Waals surface area (Å²) in [5.74, 6) is 1.34. The SMILES string of the molecule is CC1c2cccn2CCN1Cc1nc(-c2cc(Br)cs2)no1. The Bertz CT molecular complexity index is 793. The van der Waals surface area contributed by atoms with Crippen LogP contribution in [0.15, 0.2) is 38.8 Å². The fourth-order valence-corrected chi connectivity index (χ4v) is 4.22. The van der Waals surface area contributed by atoms with Crippen molar-refractivity contribution in [2.75, 3.05) is 6.54 Å². The van der Waals surface area contributed by atoms with Crippen LogP contribution < -0.4 is 0 Å². The number of rotatable bonds is 3. The van der Waals surface area contributed by atoms with E-state index >= 15 is 0 Å². The third-order valence-electron chi connectivity index (χ3n) is 4.06. The summed E-state index contributed by atoms with van der Waals surface area (Å²) < 4.78 is 8.79. The number of hydrogen-bond donors (Lipinski definition) is 0. The first kappa shape index (κ1) is 14.2. The van der Waals surface area contributed by atoms with E-state index in [4.69, 9.17) is 4.52 Å². The van der Waals surface area contributed by atoms with Crippen molar-refractivity contribution in [3.05, 3.63) is 45.8 Å². The zero-order valence-electron chi connectivity index (χ0n) is 12.1. The Morgan fingerprint density at radius 1 is 1.45 bits per heavy atom. The summed E-state index contributed by atoms with van der Waals surface area (Å²) in [4.78, 5) is 7.92. The van der Waals surface area contributed by atoms with Crippen LogP contribution in [0.4, 0.5) is 0 Å². The van der Waals surface area contributed by atoms with E-state index in [2.05, 4.69) is 60.8 Å². The van der Waals surface area contributed by atoms with E-state index in [1.807, 2.05) is 11.4 Å². The molecule has 3 aromatic heterocycles. The molecule has 0 amide bonds. The van der Waals surface area contributed by atoms with E-state index in [0.717, 1.165) is 22.4 Å². The van der Waals surface area contributed by atoms with Crippen molar-refractivity contribution in [3.63, 3.8) is 0 Å². The van der Waals surface area contributed by atoms with Gasteiger partial charge in [0.25, 0.3) is 0 Å². The third-order valence-corrected chi connectivity index (χ3v) is 5.75. The van der Waals surface area contributed by atoms with Crippen molar-refractivity contribution >= 4 is 27.3 Å². The minimum Gasteiger partial charge on any atom is -0.349 e. The van der Waals surface area contributed by atoms with Gasteiger partial charge in [0.05, 0.1) is 11.4 Å². The van der Waals surface area contributed by atoms with Crippen LogP contribution in [-0.2, 0) is 13.1 Å². The quantitative estimate of drug-likeness (QED) is 0.692. The number of halogens is 1.